The molecule has 0 bridgehead atoms. The third-order valence-electron chi connectivity index (χ3n) is 3.17. The first-order chi connectivity index (χ1) is 8.35. The lowest BCUT2D eigenvalue weighted by molar-refractivity contribution is 0.610. The molecule has 0 N–H and O–H groups in total. The molecule has 0 heteroatoms. The zero-order chi connectivity index (χ0) is 12.8. The van der Waals surface area contributed by atoms with Gasteiger partial charge < -0.3 is 0 Å². The second kappa shape index (κ2) is 13.4. The fraction of sp³-hybridized carbons (Fsp3) is 0.765. The Labute approximate surface area is 109 Å². The van der Waals surface area contributed by atoms with Crippen LogP contribution in [0, 0.1) is 12.3 Å². The fourth-order valence-electron chi connectivity index (χ4n) is 2.03. The van der Waals surface area contributed by atoms with Crippen molar-refractivity contribution >= 4 is 0 Å². The molecule has 17 heavy (non-hydrogen) atoms. The van der Waals surface area contributed by atoms with Gasteiger partial charge in [-0.2, -0.15) is 0 Å². The lowest BCUT2D eigenvalue weighted by atomic mass is 10.0. The summed E-state index contributed by atoms with van der Waals surface area (Å²) in [6.45, 7) is 4.50. The quantitative estimate of drug-likeness (QED) is 0.238. The van der Waals surface area contributed by atoms with Crippen molar-refractivity contribution in [3.05, 3.63) is 11.6 Å². The maximum Gasteiger partial charge on any atom is 0.0296 e. The van der Waals surface area contributed by atoms with Crippen LogP contribution in [0.15, 0.2) is 11.6 Å². The van der Waals surface area contributed by atoms with Crippen LogP contribution in [-0.4, -0.2) is 0 Å². The molecule has 0 atom stereocenters. The zero-order valence-corrected chi connectivity index (χ0v) is 11.9. The van der Waals surface area contributed by atoms with Gasteiger partial charge in [-0.15, -0.1) is 12.3 Å². The normalized spacial score (nSPS) is 11.5. The molecular weight excluding hydrogens is 204 g/mol. The molecule has 0 saturated heterocycles. The minimum Gasteiger partial charge on any atom is -0.120 e. The molecule has 0 aromatic rings. The zero-order valence-electron chi connectivity index (χ0n) is 11.9. The third kappa shape index (κ3) is 11.6. The Bertz CT molecular complexity index is 217. The van der Waals surface area contributed by atoms with Gasteiger partial charge in [-0.3, -0.25) is 0 Å². The third-order valence-corrected chi connectivity index (χ3v) is 3.17. The molecule has 0 amide bonds. The van der Waals surface area contributed by atoms with Gasteiger partial charge in [-0.1, -0.05) is 64.0 Å². The first-order valence-electron chi connectivity index (χ1n) is 7.46. The van der Waals surface area contributed by atoms with Crippen LogP contribution < -0.4 is 0 Å². The number of allylic oxidation sites excluding steroid dienone is 2. The summed E-state index contributed by atoms with van der Waals surface area (Å²) in [6, 6.07) is 0. The van der Waals surface area contributed by atoms with Crippen molar-refractivity contribution in [1.82, 2.24) is 0 Å². The van der Waals surface area contributed by atoms with E-state index in [0.717, 1.165) is 6.42 Å². The van der Waals surface area contributed by atoms with E-state index >= 15 is 0 Å². The average Bonchev–Trinajstić information content (AvgIpc) is 2.34. The number of terminal acetylenes is 1. The summed E-state index contributed by atoms with van der Waals surface area (Å²) in [5.41, 5.74) is 1.49. The van der Waals surface area contributed by atoms with E-state index < -0.39 is 0 Å². The summed E-state index contributed by atoms with van der Waals surface area (Å²) < 4.78 is 0. The highest BCUT2D eigenvalue weighted by Crippen LogP contribution is 2.14. The highest BCUT2D eigenvalue weighted by Gasteiger charge is 1.95. The van der Waals surface area contributed by atoms with Gasteiger partial charge in [0.2, 0.25) is 0 Å². The topological polar surface area (TPSA) is 0 Å². The molecule has 0 aromatic heterocycles. The Kier molecular flexibility index (Phi) is 12.8. The van der Waals surface area contributed by atoms with E-state index in [1.54, 1.807) is 0 Å². The number of unbranched alkanes of at least 4 members (excludes halogenated alkanes) is 7. The van der Waals surface area contributed by atoms with Crippen molar-refractivity contribution in [3.8, 4) is 12.3 Å². The van der Waals surface area contributed by atoms with Crippen LogP contribution >= 0.6 is 0 Å². The van der Waals surface area contributed by atoms with E-state index in [1.807, 2.05) is 0 Å². The first kappa shape index (κ1) is 16.3. The van der Waals surface area contributed by atoms with Gasteiger partial charge in [-0.25, -0.2) is 0 Å². The molecule has 0 aromatic carbocycles. The molecule has 0 heterocycles. The maximum atomic E-state index is 5.40. The Morgan fingerprint density at radius 3 is 2.24 bits per heavy atom. The van der Waals surface area contributed by atoms with Gasteiger partial charge in [0.1, 0.15) is 0 Å². The van der Waals surface area contributed by atoms with E-state index in [9.17, 15) is 0 Å². The second-order valence-corrected chi connectivity index (χ2v) is 4.90. The predicted molar refractivity (Wildman–Crippen MR) is 79.1 cm³/mol. The minimum absolute atomic E-state index is 0.857. The molecule has 0 saturated carbocycles. The van der Waals surface area contributed by atoms with Crippen LogP contribution in [0.25, 0.3) is 0 Å². The van der Waals surface area contributed by atoms with Crippen molar-refractivity contribution in [2.24, 2.45) is 0 Å². The SMILES string of the molecule is C#CCC(=CCCCCCCCC)CCCC. The van der Waals surface area contributed by atoms with E-state index in [2.05, 4.69) is 25.8 Å². The van der Waals surface area contributed by atoms with Gasteiger partial charge in [0.05, 0.1) is 0 Å². The van der Waals surface area contributed by atoms with Crippen molar-refractivity contribution < 1.29 is 0 Å². The van der Waals surface area contributed by atoms with Crippen LogP contribution in [0.1, 0.15) is 84.5 Å². The first-order valence-corrected chi connectivity index (χ1v) is 7.46. The number of hydrogen-bond acceptors (Lipinski definition) is 0. The van der Waals surface area contributed by atoms with Crippen LogP contribution in [0.2, 0.25) is 0 Å². The molecule has 0 unspecified atom stereocenters. The molecule has 98 valence electrons. The Balaban J connectivity index is 3.58. The van der Waals surface area contributed by atoms with Crippen LogP contribution in [-0.2, 0) is 0 Å². The standard InChI is InChI=1S/C17H30/c1-4-7-9-10-11-12-13-16-17(14-6-3)15-8-5-2/h3,16H,4-5,7-15H2,1-2H3. The summed E-state index contributed by atoms with van der Waals surface area (Å²) in [4.78, 5) is 0. The van der Waals surface area contributed by atoms with Crippen molar-refractivity contribution in [1.29, 1.82) is 0 Å². The molecule has 0 fully saturated rings. The predicted octanol–water partition coefficient (Wildman–Crippen LogP) is 5.88. The molecule has 0 rings (SSSR count). The lowest BCUT2D eigenvalue weighted by Crippen LogP contribution is -1.84. The maximum absolute atomic E-state index is 5.40. The Morgan fingerprint density at radius 1 is 0.941 bits per heavy atom. The highest BCUT2D eigenvalue weighted by molar-refractivity contribution is 5.10. The Morgan fingerprint density at radius 2 is 1.59 bits per heavy atom. The largest absolute Gasteiger partial charge is 0.120 e. The summed E-state index contributed by atoms with van der Waals surface area (Å²) in [5, 5.41) is 0. The molecule has 0 aliphatic carbocycles. The second-order valence-electron chi connectivity index (χ2n) is 4.90. The van der Waals surface area contributed by atoms with Gasteiger partial charge >= 0.3 is 0 Å². The number of hydrogen-bond donors (Lipinski definition) is 0. The summed E-state index contributed by atoms with van der Waals surface area (Å²) in [7, 11) is 0. The van der Waals surface area contributed by atoms with Gasteiger partial charge in [-0.05, 0) is 25.7 Å². The fourth-order valence-corrected chi connectivity index (χ4v) is 2.03. The summed E-state index contributed by atoms with van der Waals surface area (Å²) in [6.07, 6.45) is 21.9. The Hall–Kier alpha value is -0.700. The molecule has 0 aliphatic heterocycles. The van der Waals surface area contributed by atoms with Crippen LogP contribution in [0.5, 0.6) is 0 Å². The van der Waals surface area contributed by atoms with Crippen molar-refractivity contribution in [3.63, 3.8) is 0 Å². The molecule has 0 radical (unpaired) electrons. The average molecular weight is 234 g/mol. The molecule has 0 nitrogen and oxygen atoms in total. The van der Waals surface area contributed by atoms with Crippen molar-refractivity contribution in [2.75, 3.05) is 0 Å². The summed E-state index contributed by atoms with van der Waals surface area (Å²) >= 11 is 0. The monoisotopic (exact) mass is 234 g/mol. The van der Waals surface area contributed by atoms with Crippen molar-refractivity contribution in [2.45, 2.75) is 84.5 Å². The van der Waals surface area contributed by atoms with Crippen LogP contribution in [0.4, 0.5) is 0 Å². The molecule has 0 spiro atoms. The van der Waals surface area contributed by atoms with Gasteiger partial charge in [0, 0.05) is 6.42 Å². The van der Waals surface area contributed by atoms with Gasteiger partial charge in [0.25, 0.3) is 0 Å². The highest BCUT2D eigenvalue weighted by atomic mass is 14.0. The van der Waals surface area contributed by atoms with E-state index in [4.69, 9.17) is 6.42 Å². The van der Waals surface area contributed by atoms with Crippen LogP contribution in [0.3, 0.4) is 0 Å². The van der Waals surface area contributed by atoms with E-state index in [-0.39, 0.29) is 0 Å². The van der Waals surface area contributed by atoms with Gasteiger partial charge in [0.15, 0.2) is 0 Å². The lowest BCUT2D eigenvalue weighted by Gasteiger charge is -2.03. The summed E-state index contributed by atoms with van der Waals surface area (Å²) in [5.74, 6) is 2.78. The molecular formula is C17H30. The van der Waals surface area contributed by atoms with E-state index in [0.29, 0.717) is 0 Å². The molecule has 0 aliphatic rings. The van der Waals surface area contributed by atoms with E-state index in [1.165, 1.54) is 69.8 Å². The smallest absolute Gasteiger partial charge is 0.0296 e. The minimum atomic E-state index is 0.857. The number of rotatable bonds is 11.